The van der Waals surface area contributed by atoms with Gasteiger partial charge in [-0.2, -0.15) is 0 Å². The molecule has 82 valence electrons. The van der Waals surface area contributed by atoms with Gasteiger partial charge in [0, 0.05) is 24.2 Å². The molecule has 0 atom stereocenters. The van der Waals surface area contributed by atoms with Crippen LogP contribution < -0.4 is 11.6 Å². The number of rotatable bonds is 0. The number of fused-ring (bicyclic) bond motifs is 1. The molecular weight excluding hydrogens is 186 g/mol. The zero-order valence-corrected chi connectivity index (χ0v) is 9.46. The fourth-order valence-corrected chi connectivity index (χ4v) is 2.38. The average Bonchev–Trinajstić information content (AvgIpc) is 2.24. The number of nitrogen functional groups attached to an aromatic ring is 1. The second-order valence-corrected chi connectivity index (χ2v) is 5.02. The third-order valence-corrected chi connectivity index (χ3v) is 3.13. The minimum absolute atomic E-state index is 0.0793. The third kappa shape index (κ3) is 1.98. The molecule has 0 unspecified atom stereocenters. The van der Waals surface area contributed by atoms with Gasteiger partial charge in [-0.25, -0.2) is 5.01 Å². The first kappa shape index (κ1) is 10.5. The molecule has 15 heavy (non-hydrogen) atoms. The normalized spacial score (nSPS) is 20.7. The van der Waals surface area contributed by atoms with E-state index in [1.54, 1.807) is 0 Å². The first-order valence-electron chi connectivity index (χ1n) is 5.37. The minimum Gasteiger partial charge on any atom is -0.399 e. The zero-order chi connectivity index (χ0) is 11.1. The molecular formula is C12H19N3. The molecule has 4 N–H and O–H groups in total. The van der Waals surface area contributed by atoms with Crippen molar-refractivity contribution in [1.82, 2.24) is 5.01 Å². The molecule has 0 saturated heterocycles. The summed E-state index contributed by atoms with van der Waals surface area (Å²) in [5, 5.41) is 1.90. The molecule has 0 bridgehead atoms. The molecule has 0 radical (unpaired) electrons. The quantitative estimate of drug-likeness (QED) is 0.495. The van der Waals surface area contributed by atoms with Crippen LogP contribution in [0.15, 0.2) is 18.2 Å². The van der Waals surface area contributed by atoms with Gasteiger partial charge in [-0.15, -0.1) is 0 Å². The van der Waals surface area contributed by atoms with Crippen LogP contribution in [-0.4, -0.2) is 18.1 Å². The SMILES string of the molecule is CC1(C)CN(N)CCc2ccc(N)cc21. The smallest absolute Gasteiger partial charge is 0.0317 e. The van der Waals surface area contributed by atoms with Gasteiger partial charge in [0.15, 0.2) is 0 Å². The number of hydrogen-bond acceptors (Lipinski definition) is 3. The Kier molecular flexibility index (Phi) is 2.44. The third-order valence-electron chi connectivity index (χ3n) is 3.13. The van der Waals surface area contributed by atoms with E-state index in [0.717, 1.165) is 25.2 Å². The number of hydrazine groups is 1. The van der Waals surface area contributed by atoms with Crippen LogP contribution in [0.5, 0.6) is 0 Å². The highest BCUT2D eigenvalue weighted by molar-refractivity contribution is 5.48. The van der Waals surface area contributed by atoms with Gasteiger partial charge in [0.2, 0.25) is 0 Å². The van der Waals surface area contributed by atoms with Crippen LogP contribution in [-0.2, 0) is 11.8 Å². The maximum atomic E-state index is 5.93. The molecule has 1 aromatic rings. The number of nitrogens with zero attached hydrogens (tertiary/aromatic N) is 1. The van der Waals surface area contributed by atoms with E-state index in [-0.39, 0.29) is 5.41 Å². The molecule has 3 heteroatoms. The Balaban J connectivity index is 2.49. The summed E-state index contributed by atoms with van der Waals surface area (Å²) >= 11 is 0. The lowest BCUT2D eigenvalue weighted by molar-refractivity contribution is 0.242. The van der Waals surface area contributed by atoms with Crippen LogP contribution in [0.25, 0.3) is 0 Å². The molecule has 0 fully saturated rings. The van der Waals surface area contributed by atoms with Crippen LogP contribution in [0.1, 0.15) is 25.0 Å². The highest BCUT2D eigenvalue weighted by Crippen LogP contribution is 2.31. The van der Waals surface area contributed by atoms with Crippen LogP contribution in [0.4, 0.5) is 5.69 Å². The lowest BCUT2D eigenvalue weighted by Gasteiger charge is -2.28. The van der Waals surface area contributed by atoms with E-state index >= 15 is 0 Å². The van der Waals surface area contributed by atoms with E-state index in [1.165, 1.54) is 11.1 Å². The summed E-state index contributed by atoms with van der Waals surface area (Å²) in [6.07, 6.45) is 1.01. The van der Waals surface area contributed by atoms with Gasteiger partial charge in [-0.1, -0.05) is 19.9 Å². The maximum Gasteiger partial charge on any atom is 0.0317 e. The monoisotopic (exact) mass is 205 g/mol. The molecule has 0 saturated carbocycles. The second-order valence-electron chi connectivity index (χ2n) is 5.02. The van der Waals surface area contributed by atoms with Crippen molar-refractivity contribution in [2.75, 3.05) is 18.8 Å². The van der Waals surface area contributed by atoms with E-state index in [2.05, 4.69) is 26.0 Å². The molecule has 1 aromatic carbocycles. The van der Waals surface area contributed by atoms with E-state index in [4.69, 9.17) is 11.6 Å². The predicted octanol–water partition coefficient (Wildman–Crippen LogP) is 1.28. The lowest BCUT2D eigenvalue weighted by atomic mass is 9.81. The van der Waals surface area contributed by atoms with Crippen molar-refractivity contribution in [3.05, 3.63) is 29.3 Å². The Morgan fingerprint density at radius 2 is 2.07 bits per heavy atom. The van der Waals surface area contributed by atoms with Gasteiger partial charge in [-0.05, 0) is 29.7 Å². The van der Waals surface area contributed by atoms with Crippen molar-refractivity contribution >= 4 is 5.69 Å². The summed E-state index contributed by atoms with van der Waals surface area (Å²) in [6.45, 7) is 6.23. The average molecular weight is 205 g/mol. The van der Waals surface area contributed by atoms with Crippen molar-refractivity contribution in [3.63, 3.8) is 0 Å². The second kappa shape index (κ2) is 3.51. The molecule has 1 aliphatic rings. The summed E-state index contributed by atoms with van der Waals surface area (Å²) < 4.78 is 0. The Labute approximate surface area is 91.0 Å². The summed E-state index contributed by atoms with van der Waals surface area (Å²) in [7, 11) is 0. The largest absolute Gasteiger partial charge is 0.399 e. The Bertz CT molecular complexity index is 371. The van der Waals surface area contributed by atoms with Gasteiger partial charge in [0.1, 0.15) is 0 Å². The van der Waals surface area contributed by atoms with Gasteiger partial charge < -0.3 is 5.73 Å². The summed E-state index contributed by atoms with van der Waals surface area (Å²) in [5.41, 5.74) is 9.48. The molecule has 0 spiro atoms. The maximum absolute atomic E-state index is 5.93. The standard InChI is InChI=1S/C12H19N3/c1-12(2)8-15(14)6-5-9-3-4-10(13)7-11(9)12/h3-4,7H,5-6,8,13-14H2,1-2H3. The van der Waals surface area contributed by atoms with Crippen molar-refractivity contribution in [2.45, 2.75) is 25.7 Å². The predicted molar refractivity (Wildman–Crippen MR) is 63.3 cm³/mol. The van der Waals surface area contributed by atoms with Crippen molar-refractivity contribution in [3.8, 4) is 0 Å². The van der Waals surface area contributed by atoms with E-state index in [1.807, 2.05) is 11.1 Å². The van der Waals surface area contributed by atoms with E-state index in [0.29, 0.717) is 0 Å². The Morgan fingerprint density at radius 1 is 1.33 bits per heavy atom. The molecule has 3 nitrogen and oxygen atoms in total. The lowest BCUT2D eigenvalue weighted by Crippen LogP contribution is -2.40. The van der Waals surface area contributed by atoms with Gasteiger partial charge in [0.25, 0.3) is 0 Å². The van der Waals surface area contributed by atoms with Gasteiger partial charge in [-0.3, -0.25) is 5.84 Å². The van der Waals surface area contributed by atoms with Crippen LogP contribution >= 0.6 is 0 Å². The zero-order valence-electron chi connectivity index (χ0n) is 9.46. The van der Waals surface area contributed by atoms with Crippen molar-refractivity contribution in [1.29, 1.82) is 0 Å². The Morgan fingerprint density at radius 3 is 2.80 bits per heavy atom. The number of hydrogen-bond donors (Lipinski definition) is 2. The first-order chi connectivity index (χ1) is 6.99. The van der Waals surface area contributed by atoms with Crippen molar-refractivity contribution < 1.29 is 0 Å². The van der Waals surface area contributed by atoms with Crippen LogP contribution in [0.2, 0.25) is 0 Å². The minimum atomic E-state index is 0.0793. The number of benzene rings is 1. The topological polar surface area (TPSA) is 55.3 Å². The highest BCUT2D eigenvalue weighted by Gasteiger charge is 2.28. The number of nitrogens with two attached hydrogens (primary N) is 2. The molecule has 2 rings (SSSR count). The number of anilines is 1. The highest BCUT2D eigenvalue weighted by atomic mass is 15.4. The van der Waals surface area contributed by atoms with Gasteiger partial charge >= 0.3 is 0 Å². The Hall–Kier alpha value is -1.06. The molecule has 0 aromatic heterocycles. The fourth-order valence-electron chi connectivity index (χ4n) is 2.38. The van der Waals surface area contributed by atoms with Crippen molar-refractivity contribution in [2.24, 2.45) is 5.84 Å². The van der Waals surface area contributed by atoms with E-state index in [9.17, 15) is 0 Å². The fraction of sp³-hybridized carbons (Fsp3) is 0.500. The van der Waals surface area contributed by atoms with Crippen LogP contribution in [0, 0.1) is 0 Å². The van der Waals surface area contributed by atoms with Gasteiger partial charge in [0.05, 0.1) is 0 Å². The van der Waals surface area contributed by atoms with E-state index < -0.39 is 0 Å². The molecule has 0 aliphatic carbocycles. The summed E-state index contributed by atoms with van der Waals surface area (Å²) in [5.74, 6) is 5.93. The first-order valence-corrected chi connectivity index (χ1v) is 5.37. The van der Waals surface area contributed by atoms with Crippen LogP contribution in [0.3, 0.4) is 0 Å². The molecule has 1 aliphatic heterocycles. The molecule has 0 amide bonds. The summed E-state index contributed by atoms with van der Waals surface area (Å²) in [6, 6.07) is 6.20. The molecule has 1 heterocycles. The summed E-state index contributed by atoms with van der Waals surface area (Å²) in [4.78, 5) is 0.